The SMILES string of the molecule is COC(=O)C(C)(C)CN1CCCCC1C1CCCCC1O. The van der Waals surface area contributed by atoms with E-state index in [0.29, 0.717) is 12.0 Å². The molecule has 3 atom stereocenters. The number of ether oxygens (including phenoxy) is 1. The lowest BCUT2D eigenvalue weighted by Gasteiger charge is -2.45. The number of esters is 1. The average Bonchev–Trinajstić information content (AvgIpc) is 2.47. The van der Waals surface area contributed by atoms with E-state index in [9.17, 15) is 9.90 Å². The number of rotatable bonds is 4. The van der Waals surface area contributed by atoms with E-state index in [1.165, 1.54) is 26.4 Å². The van der Waals surface area contributed by atoms with Gasteiger partial charge in [0.2, 0.25) is 0 Å². The number of likely N-dealkylation sites (tertiary alicyclic amines) is 1. The molecule has 2 aliphatic rings. The molecule has 1 aliphatic carbocycles. The van der Waals surface area contributed by atoms with Crippen LogP contribution in [0.2, 0.25) is 0 Å². The zero-order valence-corrected chi connectivity index (χ0v) is 13.8. The lowest BCUT2D eigenvalue weighted by Crippen LogP contribution is -2.52. The topological polar surface area (TPSA) is 49.8 Å². The molecule has 4 nitrogen and oxygen atoms in total. The van der Waals surface area contributed by atoms with Gasteiger partial charge in [-0.3, -0.25) is 9.69 Å². The second-order valence-corrected chi connectivity index (χ2v) is 7.42. The van der Waals surface area contributed by atoms with Crippen molar-refractivity contribution in [1.29, 1.82) is 0 Å². The molecule has 3 unspecified atom stereocenters. The van der Waals surface area contributed by atoms with E-state index in [2.05, 4.69) is 4.90 Å². The lowest BCUT2D eigenvalue weighted by molar-refractivity contribution is -0.152. The second-order valence-electron chi connectivity index (χ2n) is 7.42. The van der Waals surface area contributed by atoms with E-state index in [1.807, 2.05) is 13.8 Å². The summed E-state index contributed by atoms with van der Waals surface area (Å²) >= 11 is 0. The van der Waals surface area contributed by atoms with E-state index in [4.69, 9.17) is 4.74 Å². The van der Waals surface area contributed by atoms with Crippen molar-refractivity contribution >= 4 is 5.97 Å². The number of methoxy groups -OCH3 is 1. The Balaban J connectivity index is 2.06. The Morgan fingerprint density at radius 3 is 2.52 bits per heavy atom. The highest BCUT2D eigenvalue weighted by Gasteiger charge is 2.39. The highest BCUT2D eigenvalue weighted by Crippen LogP contribution is 2.35. The van der Waals surface area contributed by atoms with Crippen LogP contribution in [-0.4, -0.2) is 48.3 Å². The predicted octanol–water partition coefficient (Wildman–Crippen LogP) is 2.59. The van der Waals surface area contributed by atoms with Gasteiger partial charge in [0.05, 0.1) is 18.6 Å². The molecule has 0 aromatic rings. The molecule has 2 rings (SSSR count). The van der Waals surface area contributed by atoms with Crippen LogP contribution in [-0.2, 0) is 9.53 Å². The van der Waals surface area contributed by atoms with Crippen LogP contribution in [0.4, 0.5) is 0 Å². The van der Waals surface area contributed by atoms with Crippen molar-refractivity contribution in [3.05, 3.63) is 0 Å². The van der Waals surface area contributed by atoms with Gasteiger partial charge >= 0.3 is 5.97 Å². The molecule has 2 fully saturated rings. The van der Waals surface area contributed by atoms with E-state index in [-0.39, 0.29) is 12.1 Å². The van der Waals surface area contributed by atoms with Crippen molar-refractivity contribution in [2.24, 2.45) is 11.3 Å². The molecule has 1 saturated heterocycles. The molecular weight excluding hydrogens is 266 g/mol. The Morgan fingerprint density at radius 2 is 1.86 bits per heavy atom. The van der Waals surface area contributed by atoms with Crippen LogP contribution >= 0.6 is 0 Å². The van der Waals surface area contributed by atoms with Crippen molar-refractivity contribution in [2.75, 3.05) is 20.2 Å². The minimum absolute atomic E-state index is 0.143. The first-order valence-electron chi connectivity index (χ1n) is 8.46. The van der Waals surface area contributed by atoms with Crippen LogP contribution in [0.15, 0.2) is 0 Å². The number of carbonyl (C=O) groups excluding carboxylic acids is 1. The van der Waals surface area contributed by atoms with Crippen LogP contribution in [0.25, 0.3) is 0 Å². The molecule has 1 heterocycles. The van der Waals surface area contributed by atoms with Crippen LogP contribution < -0.4 is 0 Å². The first kappa shape index (κ1) is 16.8. The standard InChI is InChI=1S/C17H31NO3/c1-17(2,16(20)21-3)12-18-11-7-6-9-14(18)13-8-4-5-10-15(13)19/h13-15,19H,4-12H2,1-3H3. The summed E-state index contributed by atoms with van der Waals surface area (Å²) in [6, 6.07) is 0.429. The maximum Gasteiger partial charge on any atom is 0.312 e. The monoisotopic (exact) mass is 297 g/mol. The van der Waals surface area contributed by atoms with E-state index < -0.39 is 5.41 Å². The normalized spacial score (nSPS) is 31.9. The first-order valence-corrected chi connectivity index (χ1v) is 8.46. The van der Waals surface area contributed by atoms with Gasteiger partial charge in [-0.25, -0.2) is 0 Å². The van der Waals surface area contributed by atoms with Crippen LogP contribution in [0, 0.1) is 11.3 Å². The Kier molecular flexibility index (Phi) is 5.67. The van der Waals surface area contributed by atoms with Gasteiger partial charge < -0.3 is 9.84 Å². The Hall–Kier alpha value is -0.610. The maximum atomic E-state index is 12.0. The number of hydrogen-bond acceptors (Lipinski definition) is 4. The summed E-state index contributed by atoms with van der Waals surface area (Å²) in [5.41, 5.74) is -0.482. The molecule has 1 N–H and O–H groups in total. The third-order valence-corrected chi connectivity index (χ3v) is 5.28. The number of hydrogen-bond donors (Lipinski definition) is 1. The van der Waals surface area contributed by atoms with Gasteiger partial charge in [-0.1, -0.05) is 19.3 Å². The molecule has 4 heteroatoms. The molecule has 0 bridgehead atoms. The molecule has 0 aromatic heterocycles. The number of piperidine rings is 1. The number of carbonyl (C=O) groups is 1. The molecule has 0 radical (unpaired) electrons. The van der Waals surface area contributed by atoms with Gasteiger partial charge in [-0.2, -0.15) is 0 Å². The molecule has 1 saturated carbocycles. The summed E-state index contributed by atoms with van der Waals surface area (Å²) < 4.78 is 4.94. The van der Waals surface area contributed by atoms with E-state index in [0.717, 1.165) is 38.8 Å². The van der Waals surface area contributed by atoms with Gasteiger partial charge in [0, 0.05) is 18.5 Å². The Bertz CT molecular complexity index is 356. The van der Waals surface area contributed by atoms with Crippen molar-refractivity contribution in [3.8, 4) is 0 Å². The van der Waals surface area contributed by atoms with Gasteiger partial charge in [0.15, 0.2) is 0 Å². The first-order chi connectivity index (χ1) is 9.95. The molecular formula is C17H31NO3. The molecule has 1 aliphatic heterocycles. The highest BCUT2D eigenvalue weighted by molar-refractivity contribution is 5.76. The minimum atomic E-state index is -0.482. The smallest absolute Gasteiger partial charge is 0.312 e. The summed E-state index contributed by atoms with van der Waals surface area (Å²) in [7, 11) is 1.46. The quantitative estimate of drug-likeness (QED) is 0.810. The molecule has 21 heavy (non-hydrogen) atoms. The predicted molar refractivity (Wildman–Crippen MR) is 83.0 cm³/mol. The molecule has 0 amide bonds. The van der Waals surface area contributed by atoms with Crippen LogP contribution in [0.5, 0.6) is 0 Å². The summed E-state index contributed by atoms with van der Waals surface area (Å²) in [6.45, 7) is 5.69. The van der Waals surface area contributed by atoms with E-state index >= 15 is 0 Å². The number of aliphatic hydroxyl groups excluding tert-OH is 1. The van der Waals surface area contributed by atoms with Gasteiger partial charge in [0.25, 0.3) is 0 Å². The third-order valence-electron chi connectivity index (χ3n) is 5.28. The Morgan fingerprint density at radius 1 is 1.19 bits per heavy atom. The summed E-state index contributed by atoms with van der Waals surface area (Å²) in [5, 5.41) is 10.4. The summed E-state index contributed by atoms with van der Waals surface area (Å²) in [5.74, 6) is 0.239. The summed E-state index contributed by atoms with van der Waals surface area (Å²) in [4.78, 5) is 14.4. The number of aliphatic hydroxyl groups is 1. The fraction of sp³-hybridized carbons (Fsp3) is 0.941. The fourth-order valence-corrected chi connectivity index (χ4v) is 4.14. The fourth-order valence-electron chi connectivity index (χ4n) is 4.14. The Labute approximate surface area is 128 Å². The molecule has 0 spiro atoms. The van der Waals surface area contributed by atoms with Crippen LogP contribution in [0.1, 0.15) is 58.8 Å². The minimum Gasteiger partial charge on any atom is -0.469 e. The summed E-state index contributed by atoms with van der Waals surface area (Å²) in [6.07, 6.45) is 7.87. The van der Waals surface area contributed by atoms with Gasteiger partial charge in [-0.05, 0) is 46.1 Å². The zero-order valence-electron chi connectivity index (χ0n) is 13.8. The number of nitrogens with zero attached hydrogens (tertiary/aromatic N) is 1. The van der Waals surface area contributed by atoms with Gasteiger partial charge in [-0.15, -0.1) is 0 Å². The maximum absolute atomic E-state index is 12.0. The van der Waals surface area contributed by atoms with Crippen molar-refractivity contribution in [1.82, 2.24) is 4.90 Å². The van der Waals surface area contributed by atoms with E-state index in [1.54, 1.807) is 0 Å². The molecule has 122 valence electrons. The largest absolute Gasteiger partial charge is 0.469 e. The highest BCUT2D eigenvalue weighted by atomic mass is 16.5. The van der Waals surface area contributed by atoms with Gasteiger partial charge in [0.1, 0.15) is 0 Å². The van der Waals surface area contributed by atoms with Crippen molar-refractivity contribution < 1.29 is 14.6 Å². The second kappa shape index (κ2) is 7.10. The van der Waals surface area contributed by atoms with Crippen molar-refractivity contribution in [3.63, 3.8) is 0 Å². The van der Waals surface area contributed by atoms with Crippen LogP contribution in [0.3, 0.4) is 0 Å². The third kappa shape index (κ3) is 3.98. The zero-order chi connectivity index (χ0) is 15.5. The average molecular weight is 297 g/mol. The van der Waals surface area contributed by atoms with Crippen molar-refractivity contribution in [2.45, 2.75) is 70.9 Å². The molecule has 0 aromatic carbocycles. The lowest BCUT2D eigenvalue weighted by atomic mass is 9.77.